The zero-order valence-electron chi connectivity index (χ0n) is 14.7. The SMILES string of the molecule is CCCc1nc(C)cc(N2CCC(NCc3ccccn3)CC2)n1. The van der Waals surface area contributed by atoms with Gasteiger partial charge >= 0.3 is 0 Å². The first-order chi connectivity index (χ1) is 11.7. The highest BCUT2D eigenvalue weighted by molar-refractivity contribution is 5.40. The summed E-state index contributed by atoms with van der Waals surface area (Å²) in [7, 11) is 0. The predicted octanol–water partition coefficient (Wildman–Crippen LogP) is 2.89. The van der Waals surface area contributed by atoms with Crippen LogP contribution in [0.5, 0.6) is 0 Å². The summed E-state index contributed by atoms with van der Waals surface area (Å²) in [4.78, 5) is 16.1. The summed E-state index contributed by atoms with van der Waals surface area (Å²) in [6.45, 7) is 7.16. The van der Waals surface area contributed by atoms with E-state index in [0.29, 0.717) is 6.04 Å². The molecule has 0 spiro atoms. The zero-order valence-corrected chi connectivity index (χ0v) is 14.7. The quantitative estimate of drug-likeness (QED) is 0.885. The van der Waals surface area contributed by atoms with E-state index in [1.807, 2.05) is 18.3 Å². The van der Waals surface area contributed by atoms with Crippen molar-refractivity contribution in [1.29, 1.82) is 0 Å². The Balaban J connectivity index is 1.53. The number of rotatable bonds is 6. The Bertz CT molecular complexity index is 635. The molecule has 0 unspecified atom stereocenters. The average Bonchev–Trinajstić information content (AvgIpc) is 2.61. The lowest BCUT2D eigenvalue weighted by molar-refractivity contribution is 0.410. The van der Waals surface area contributed by atoms with Crippen LogP contribution >= 0.6 is 0 Å². The molecule has 5 heteroatoms. The van der Waals surface area contributed by atoms with Gasteiger partial charge in [-0.05, 0) is 38.3 Å². The predicted molar refractivity (Wildman–Crippen MR) is 97.1 cm³/mol. The van der Waals surface area contributed by atoms with Crippen LogP contribution in [-0.4, -0.2) is 34.1 Å². The summed E-state index contributed by atoms with van der Waals surface area (Å²) in [5, 5.41) is 3.63. The van der Waals surface area contributed by atoms with Crippen molar-refractivity contribution in [3.63, 3.8) is 0 Å². The van der Waals surface area contributed by atoms with Crippen molar-refractivity contribution in [3.05, 3.63) is 47.7 Å². The molecule has 24 heavy (non-hydrogen) atoms. The molecular weight excluding hydrogens is 298 g/mol. The first kappa shape index (κ1) is 16.8. The highest BCUT2D eigenvalue weighted by Gasteiger charge is 2.20. The first-order valence-corrected chi connectivity index (χ1v) is 8.97. The molecule has 0 radical (unpaired) electrons. The van der Waals surface area contributed by atoms with Gasteiger partial charge < -0.3 is 10.2 Å². The first-order valence-electron chi connectivity index (χ1n) is 8.97. The summed E-state index contributed by atoms with van der Waals surface area (Å²) < 4.78 is 0. The summed E-state index contributed by atoms with van der Waals surface area (Å²) in [5.41, 5.74) is 2.18. The van der Waals surface area contributed by atoms with Crippen molar-refractivity contribution in [2.75, 3.05) is 18.0 Å². The zero-order chi connectivity index (χ0) is 16.8. The maximum atomic E-state index is 4.75. The molecule has 0 atom stereocenters. The fraction of sp³-hybridized carbons (Fsp3) is 0.526. The third-order valence-electron chi connectivity index (χ3n) is 4.48. The maximum Gasteiger partial charge on any atom is 0.132 e. The third-order valence-corrected chi connectivity index (χ3v) is 4.48. The molecule has 0 aromatic carbocycles. The summed E-state index contributed by atoms with van der Waals surface area (Å²) in [6.07, 6.45) is 6.17. The van der Waals surface area contributed by atoms with Crippen molar-refractivity contribution in [1.82, 2.24) is 20.3 Å². The summed E-state index contributed by atoms with van der Waals surface area (Å²) in [5.74, 6) is 2.07. The van der Waals surface area contributed by atoms with Crippen LogP contribution in [0.2, 0.25) is 0 Å². The fourth-order valence-electron chi connectivity index (χ4n) is 3.17. The fourth-order valence-corrected chi connectivity index (χ4v) is 3.17. The van der Waals surface area contributed by atoms with Crippen molar-refractivity contribution >= 4 is 5.82 Å². The minimum atomic E-state index is 0.557. The van der Waals surface area contributed by atoms with E-state index in [1.54, 1.807) is 0 Å². The van der Waals surface area contributed by atoms with Gasteiger partial charge in [0.2, 0.25) is 0 Å². The minimum Gasteiger partial charge on any atom is -0.356 e. The van der Waals surface area contributed by atoms with Crippen molar-refractivity contribution in [3.8, 4) is 0 Å². The Morgan fingerprint density at radius 3 is 2.75 bits per heavy atom. The van der Waals surface area contributed by atoms with E-state index in [0.717, 1.165) is 68.3 Å². The number of nitrogens with zero attached hydrogens (tertiary/aromatic N) is 4. The lowest BCUT2D eigenvalue weighted by Gasteiger charge is -2.33. The van der Waals surface area contributed by atoms with E-state index in [2.05, 4.69) is 46.2 Å². The molecule has 1 fully saturated rings. The van der Waals surface area contributed by atoms with Crippen LogP contribution in [0.4, 0.5) is 5.82 Å². The number of hydrogen-bond donors (Lipinski definition) is 1. The third kappa shape index (κ3) is 4.51. The van der Waals surface area contributed by atoms with Crippen molar-refractivity contribution in [2.24, 2.45) is 0 Å². The number of anilines is 1. The van der Waals surface area contributed by atoms with Gasteiger partial charge in [-0.1, -0.05) is 13.0 Å². The van der Waals surface area contributed by atoms with Crippen LogP contribution in [0, 0.1) is 6.92 Å². The number of pyridine rings is 1. The van der Waals surface area contributed by atoms with Crippen LogP contribution in [0.1, 0.15) is 43.4 Å². The molecule has 1 aliphatic rings. The molecule has 2 aromatic rings. The van der Waals surface area contributed by atoms with Crippen LogP contribution in [-0.2, 0) is 13.0 Å². The van der Waals surface area contributed by atoms with Gasteiger partial charge in [-0.15, -0.1) is 0 Å². The van der Waals surface area contributed by atoms with Crippen LogP contribution in [0.15, 0.2) is 30.5 Å². The maximum absolute atomic E-state index is 4.75. The summed E-state index contributed by atoms with van der Waals surface area (Å²) >= 11 is 0. The number of hydrogen-bond acceptors (Lipinski definition) is 5. The number of aryl methyl sites for hydroxylation is 2. The lowest BCUT2D eigenvalue weighted by atomic mass is 10.0. The van der Waals surface area contributed by atoms with Crippen LogP contribution < -0.4 is 10.2 Å². The van der Waals surface area contributed by atoms with Gasteiger partial charge in [0.25, 0.3) is 0 Å². The Morgan fingerprint density at radius 1 is 1.21 bits per heavy atom. The minimum absolute atomic E-state index is 0.557. The second kappa shape index (κ2) is 8.20. The van der Waals surface area contributed by atoms with Crippen molar-refractivity contribution < 1.29 is 0 Å². The smallest absolute Gasteiger partial charge is 0.132 e. The van der Waals surface area contributed by atoms with E-state index in [9.17, 15) is 0 Å². The Hall–Kier alpha value is -2.01. The number of piperidine rings is 1. The Morgan fingerprint density at radius 2 is 2.04 bits per heavy atom. The van der Waals surface area contributed by atoms with Gasteiger partial charge in [-0.25, -0.2) is 9.97 Å². The van der Waals surface area contributed by atoms with Crippen LogP contribution in [0.25, 0.3) is 0 Å². The number of nitrogens with one attached hydrogen (secondary N) is 1. The molecule has 0 bridgehead atoms. The topological polar surface area (TPSA) is 53.9 Å². The normalized spacial score (nSPS) is 15.7. The molecule has 1 N–H and O–H groups in total. The van der Waals surface area contributed by atoms with E-state index >= 15 is 0 Å². The molecule has 3 heterocycles. The van der Waals surface area contributed by atoms with Gasteiger partial charge in [0.1, 0.15) is 11.6 Å². The van der Waals surface area contributed by atoms with Gasteiger partial charge in [0.05, 0.1) is 5.69 Å². The van der Waals surface area contributed by atoms with E-state index < -0.39 is 0 Å². The highest BCUT2D eigenvalue weighted by atomic mass is 15.2. The summed E-state index contributed by atoms with van der Waals surface area (Å²) in [6, 6.07) is 8.74. The molecule has 1 saturated heterocycles. The second-order valence-electron chi connectivity index (χ2n) is 6.50. The van der Waals surface area contributed by atoms with E-state index in [-0.39, 0.29) is 0 Å². The second-order valence-corrected chi connectivity index (χ2v) is 6.50. The molecule has 128 valence electrons. The van der Waals surface area contributed by atoms with Crippen LogP contribution in [0.3, 0.4) is 0 Å². The lowest BCUT2D eigenvalue weighted by Crippen LogP contribution is -2.42. The molecule has 1 aliphatic heterocycles. The van der Waals surface area contributed by atoms with Gasteiger partial charge in [0.15, 0.2) is 0 Å². The Labute approximate surface area is 144 Å². The standard InChI is InChI=1S/C19H27N5/c1-3-6-18-22-15(2)13-19(23-18)24-11-8-16(9-12-24)21-14-17-7-4-5-10-20-17/h4-5,7,10,13,16,21H,3,6,8-9,11-12,14H2,1-2H3. The monoisotopic (exact) mass is 325 g/mol. The van der Waals surface area contributed by atoms with Crippen molar-refractivity contribution in [2.45, 2.75) is 52.1 Å². The Kier molecular flexibility index (Phi) is 5.75. The number of aromatic nitrogens is 3. The van der Waals surface area contributed by atoms with E-state index in [4.69, 9.17) is 4.98 Å². The van der Waals surface area contributed by atoms with Gasteiger partial charge in [0, 0.05) is 50.1 Å². The highest BCUT2D eigenvalue weighted by Crippen LogP contribution is 2.19. The molecule has 0 aliphatic carbocycles. The molecule has 2 aromatic heterocycles. The average molecular weight is 325 g/mol. The molecule has 0 saturated carbocycles. The molecular formula is C19H27N5. The van der Waals surface area contributed by atoms with Gasteiger partial charge in [-0.3, -0.25) is 4.98 Å². The van der Waals surface area contributed by atoms with Gasteiger partial charge in [-0.2, -0.15) is 0 Å². The molecule has 0 amide bonds. The molecule has 5 nitrogen and oxygen atoms in total. The molecule has 3 rings (SSSR count). The van der Waals surface area contributed by atoms with E-state index in [1.165, 1.54) is 0 Å². The largest absolute Gasteiger partial charge is 0.356 e.